The largest absolute Gasteiger partial charge is 0.505 e. The van der Waals surface area contributed by atoms with Crippen LogP contribution in [0.15, 0.2) is 53.7 Å². The number of ketones is 1. The summed E-state index contributed by atoms with van der Waals surface area (Å²) >= 11 is 1.23. The number of imidazole rings is 1. The van der Waals surface area contributed by atoms with Crippen LogP contribution in [0.3, 0.4) is 0 Å². The molecule has 3 aromatic heterocycles. The molecule has 0 saturated carbocycles. The summed E-state index contributed by atoms with van der Waals surface area (Å²) < 4.78 is 13.3. The van der Waals surface area contributed by atoms with Gasteiger partial charge in [-0.1, -0.05) is 25.5 Å². The maximum Gasteiger partial charge on any atom is 0.301 e. The number of methoxy groups -OCH3 is 1. The van der Waals surface area contributed by atoms with Gasteiger partial charge in [-0.3, -0.25) is 14.5 Å². The highest BCUT2D eigenvalue weighted by atomic mass is 32.1. The molecule has 5 rings (SSSR count). The topological polar surface area (TPSA) is 106 Å². The van der Waals surface area contributed by atoms with E-state index in [-0.39, 0.29) is 17.0 Å². The summed E-state index contributed by atoms with van der Waals surface area (Å²) in [7, 11) is 1.53. The Morgan fingerprint density at radius 1 is 1.18 bits per heavy atom. The van der Waals surface area contributed by atoms with E-state index in [1.54, 1.807) is 29.8 Å². The quantitative estimate of drug-likeness (QED) is 0.143. The molecular weight excluding hydrogens is 504 g/mol. The molecule has 0 radical (unpaired) electrons. The second-order valence-electron chi connectivity index (χ2n) is 9.03. The van der Waals surface area contributed by atoms with Gasteiger partial charge in [0.1, 0.15) is 11.3 Å². The Kier molecular flexibility index (Phi) is 6.90. The number of aromatic nitrogens is 3. The molecule has 0 bridgehead atoms. The van der Waals surface area contributed by atoms with Gasteiger partial charge in [-0.2, -0.15) is 0 Å². The Bertz CT molecular complexity index is 1560. The number of aryl methyl sites for hydroxylation is 2. The van der Waals surface area contributed by atoms with Crippen molar-refractivity contribution in [2.24, 2.45) is 0 Å². The van der Waals surface area contributed by atoms with Crippen molar-refractivity contribution in [3.8, 4) is 11.5 Å². The first-order chi connectivity index (χ1) is 18.4. The number of thiazole rings is 1. The zero-order valence-corrected chi connectivity index (χ0v) is 22.4. The number of ether oxygens (including phenoxy) is 2. The molecule has 1 N–H and O–H groups in total. The van der Waals surface area contributed by atoms with E-state index >= 15 is 0 Å². The number of fused-ring (bicyclic) bond motifs is 1. The van der Waals surface area contributed by atoms with Crippen LogP contribution < -0.4 is 14.4 Å². The number of carbonyl (C=O) groups excluding carboxylic acids is 2. The number of anilines is 1. The summed E-state index contributed by atoms with van der Waals surface area (Å²) in [5.41, 5.74) is 2.98. The number of unbranched alkanes of at least 4 members (excludes halogenated alkanes) is 1. The fourth-order valence-corrected chi connectivity index (χ4v) is 5.32. The third-order valence-electron chi connectivity index (χ3n) is 6.64. The molecule has 10 heteroatoms. The van der Waals surface area contributed by atoms with Crippen LogP contribution in [-0.4, -0.2) is 44.9 Å². The zero-order chi connectivity index (χ0) is 27.0. The van der Waals surface area contributed by atoms with Crippen LogP contribution in [0.5, 0.6) is 11.5 Å². The number of hydrogen-bond donors (Lipinski definition) is 1. The number of rotatable bonds is 8. The molecule has 1 saturated heterocycles. The van der Waals surface area contributed by atoms with Crippen molar-refractivity contribution in [3.63, 3.8) is 0 Å². The molecule has 1 amide bonds. The van der Waals surface area contributed by atoms with Gasteiger partial charge in [0, 0.05) is 17.8 Å². The van der Waals surface area contributed by atoms with Gasteiger partial charge < -0.3 is 19.0 Å². The van der Waals surface area contributed by atoms with Crippen molar-refractivity contribution in [2.45, 2.75) is 39.7 Å². The maximum atomic E-state index is 13.5. The van der Waals surface area contributed by atoms with Crippen molar-refractivity contribution < 1.29 is 24.2 Å². The zero-order valence-electron chi connectivity index (χ0n) is 21.6. The predicted octanol–water partition coefficient (Wildman–Crippen LogP) is 5.22. The molecule has 1 aromatic carbocycles. The van der Waals surface area contributed by atoms with E-state index in [1.165, 1.54) is 23.3 Å². The first-order valence-electron chi connectivity index (χ1n) is 12.3. The number of benzene rings is 1. The minimum atomic E-state index is -0.940. The number of hydrogen-bond acceptors (Lipinski definition) is 8. The van der Waals surface area contributed by atoms with Gasteiger partial charge in [0.15, 0.2) is 22.4 Å². The number of pyridine rings is 1. The smallest absolute Gasteiger partial charge is 0.301 e. The molecule has 1 aliphatic heterocycles. The van der Waals surface area contributed by atoms with E-state index < -0.39 is 17.7 Å². The molecule has 0 aliphatic carbocycles. The minimum absolute atomic E-state index is 0.0592. The number of amides is 1. The van der Waals surface area contributed by atoms with Gasteiger partial charge >= 0.3 is 5.91 Å². The molecule has 0 spiro atoms. The SMILES string of the molecule is CCCCOc1ccc(C2/C(=C(\O)c3nc4c(C)cccn4c3C)C(=O)C(=O)N2c2nccs2)cc1OC. The van der Waals surface area contributed by atoms with Crippen LogP contribution in [0.2, 0.25) is 0 Å². The molecule has 4 heterocycles. The van der Waals surface area contributed by atoms with Gasteiger partial charge in [-0.25, -0.2) is 9.97 Å². The van der Waals surface area contributed by atoms with Crippen molar-refractivity contribution in [2.75, 3.05) is 18.6 Å². The van der Waals surface area contributed by atoms with E-state index in [1.807, 2.05) is 36.6 Å². The Balaban J connectivity index is 1.70. The molecular formula is C28H28N4O5S. The van der Waals surface area contributed by atoms with Gasteiger partial charge in [0.25, 0.3) is 5.78 Å². The van der Waals surface area contributed by atoms with Crippen LogP contribution in [0.4, 0.5) is 5.13 Å². The van der Waals surface area contributed by atoms with E-state index in [2.05, 4.69) is 16.9 Å². The Morgan fingerprint density at radius 2 is 2.00 bits per heavy atom. The Hall–Kier alpha value is -4.18. The summed E-state index contributed by atoms with van der Waals surface area (Å²) in [6.45, 7) is 6.35. The molecule has 9 nitrogen and oxygen atoms in total. The van der Waals surface area contributed by atoms with Gasteiger partial charge in [0.2, 0.25) is 0 Å². The van der Waals surface area contributed by atoms with Crippen LogP contribution in [0.25, 0.3) is 11.4 Å². The standard InChI is InChI=1S/C28H28N4O5S/c1-5-6-13-37-19-10-9-18(15-20(19)36-4)23-21(25(34)27(35)32(23)28-29-11-14-38-28)24(33)22-17(3)31-12-7-8-16(2)26(31)30-22/h7-12,14-15,23,33H,5-6,13H2,1-4H3/b24-21+. The first kappa shape index (κ1) is 25.5. The summed E-state index contributed by atoms with van der Waals surface area (Å²) in [5.74, 6) is -0.898. The van der Waals surface area contributed by atoms with E-state index in [0.717, 1.165) is 18.4 Å². The number of aliphatic hydroxyl groups excluding tert-OH is 1. The highest BCUT2D eigenvalue weighted by Gasteiger charge is 2.48. The van der Waals surface area contributed by atoms with Crippen LogP contribution in [0, 0.1) is 13.8 Å². The first-order valence-corrected chi connectivity index (χ1v) is 13.2. The van der Waals surface area contributed by atoms with Gasteiger partial charge in [0.05, 0.1) is 31.0 Å². The molecule has 1 aliphatic rings. The highest BCUT2D eigenvalue weighted by Crippen LogP contribution is 2.44. The monoisotopic (exact) mass is 532 g/mol. The highest BCUT2D eigenvalue weighted by molar-refractivity contribution is 7.14. The van der Waals surface area contributed by atoms with Crippen molar-refractivity contribution in [1.82, 2.24) is 14.4 Å². The van der Waals surface area contributed by atoms with E-state index in [4.69, 9.17) is 9.47 Å². The maximum absolute atomic E-state index is 13.5. The summed E-state index contributed by atoms with van der Waals surface area (Å²) in [6.07, 6.45) is 5.30. The van der Waals surface area contributed by atoms with E-state index in [9.17, 15) is 14.7 Å². The second kappa shape index (κ2) is 10.3. The average molecular weight is 533 g/mol. The normalized spacial score (nSPS) is 16.9. The van der Waals surface area contributed by atoms with Crippen LogP contribution >= 0.6 is 11.3 Å². The number of nitrogens with zero attached hydrogens (tertiary/aromatic N) is 4. The fraction of sp³-hybridized carbons (Fsp3) is 0.286. The molecule has 1 fully saturated rings. The molecule has 196 valence electrons. The molecule has 1 atom stereocenters. The lowest BCUT2D eigenvalue weighted by atomic mass is 9.96. The van der Waals surface area contributed by atoms with Crippen molar-refractivity contribution in [3.05, 3.63) is 76.2 Å². The number of aliphatic hydroxyl groups is 1. The lowest BCUT2D eigenvalue weighted by Gasteiger charge is -2.23. The lowest BCUT2D eigenvalue weighted by Crippen LogP contribution is -2.29. The third kappa shape index (κ3) is 4.20. The third-order valence-corrected chi connectivity index (χ3v) is 7.41. The lowest BCUT2D eigenvalue weighted by molar-refractivity contribution is -0.132. The molecule has 4 aromatic rings. The predicted molar refractivity (Wildman–Crippen MR) is 145 cm³/mol. The molecule has 38 heavy (non-hydrogen) atoms. The van der Waals surface area contributed by atoms with Gasteiger partial charge in [-0.05, 0) is 49.6 Å². The minimum Gasteiger partial charge on any atom is -0.505 e. The Labute approximate surface area is 224 Å². The number of carbonyl (C=O) groups is 2. The fourth-order valence-electron chi connectivity index (χ4n) is 4.65. The van der Waals surface area contributed by atoms with Crippen molar-refractivity contribution in [1.29, 1.82) is 0 Å². The molecule has 1 unspecified atom stereocenters. The van der Waals surface area contributed by atoms with Crippen LogP contribution in [0.1, 0.15) is 48.3 Å². The van der Waals surface area contributed by atoms with Crippen molar-refractivity contribution >= 4 is 39.6 Å². The van der Waals surface area contributed by atoms with Crippen LogP contribution in [-0.2, 0) is 9.59 Å². The average Bonchev–Trinajstić information content (AvgIpc) is 3.63. The number of Topliss-reactive ketones (excluding diaryl/α,β-unsaturated/α-hetero) is 1. The Morgan fingerprint density at radius 3 is 2.68 bits per heavy atom. The second-order valence-corrected chi connectivity index (χ2v) is 9.90. The van der Waals surface area contributed by atoms with E-state index in [0.29, 0.717) is 40.1 Å². The summed E-state index contributed by atoms with van der Waals surface area (Å²) in [4.78, 5) is 37.1. The summed E-state index contributed by atoms with van der Waals surface area (Å²) in [5, 5.41) is 13.7. The summed E-state index contributed by atoms with van der Waals surface area (Å²) in [6, 6.07) is 8.12. The van der Waals surface area contributed by atoms with Gasteiger partial charge in [-0.15, -0.1) is 11.3 Å².